The van der Waals surface area contributed by atoms with E-state index in [4.69, 9.17) is 9.47 Å². The van der Waals surface area contributed by atoms with Crippen molar-refractivity contribution >= 4 is 28.0 Å². The molecule has 3 aromatic rings. The first kappa shape index (κ1) is 29.8. The predicted molar refractivity (Wildman–Crippen MR) is 154 cm³/mol. The van der Waals surface area contributed by atoms with Crippen LogP contribution in [0.5, 0.6) is 0 Å². The fraction of sp³-hybridized carbons (Fsp3) is 0.323. The van der Waals surface area contributed by atoms with E-state index < -0.39 is 39.6 Å². The van der Waals surface area contributed by atoms with Gasteiger partial charge in [-0.3, -0.25) is 4.79 Å². The molecule has 1 unspecified atom stereocenters. The maximum absolute atomic E-state index is 12.9. The Morgan fingerprint density at radius 3 is 2.00 bits per heavy atom. The first-order valence-electron chi connectivity index (χ1n) is 13.3. The summed E-state index contributed by atoms with van der Waals surface area (Å²) in [7, 11) is -4.09. The SMILES string of the molecule is Cc1ccc(S(=O)(=O)NC(=O)CCC(NC(=O)OCC2c3ccccc3-c3ccccc32)C(=O)OC(C)(C)C)cc1. The molecular weight excluding hydrogens is 544 g/mol. The number of hydrogen-bond donors (Lipinski definition) is 2. The molecule has 0 saturated heterocycles. The molecule has 1 aliphatic rings. The fourth-order valence-electron chi connectivity index (χ4n) is 4.66. The van der Waals surface area contributed by atoms with Crippen LogP contribution < -0.4 is 10.0 Å². The molecule has 3 aromatic carbocycles. The molecule has 2 N–H and O–H groups in total. The molecular formula is C31H34N2O7S. The minimum atomic E-state index is -4.09. The lowest BCUT2D eigenvalue weighted by Crippen LogP contribution is -2.45. The Balaban J connectivity index is 1.40. The maximum atomic E-state index is 12.9. The number of aryl methyl sites for hydroxylation is 1. The summed E-state index contributed by atoms with van der Waals surface area (Å²) in [5.74, 6) is -1.76. The highest BCUT2D eigenvalue weighted by atomic mass is 32.2. The lowest BCUT2D eigenvalue weighted by molar-refractivity contribution is -0.157. The Morgan fingerprint density at radius 2 is 1.44 bits per heavy atom. The van der Waals surface area contributed by atoms with Crippen LogP contribution in [0.25, 0.3) is 11.1 Å². The molecule has 0 fully saturated rings. The van der Waals surface area contributed by atoms with E-state index in [2.05, 4.69) is 5.32 Å². The summed E-state index contributed by atoms with van der Waals surface area (Å²) in [4.78, 5) is 38.2. The van der Waals surface area contributed by atoms with E-state index in [1.807, 2.05) is 60.2 Å². The number of hydrogen-bond acceptors (Lipinski definition) is 7. The zero-order chi connectivity index (χ0) is 29.8. The Kier molecular flexibility index (Phi) is 8.82. The number of ether oxygens (including phenoxy) is 2. The molecule has 2 amide bonds. The van der Waals surface area contributed by atoms with Crippen molar-refractivity contribution in [3.8, 4) is 11.1 Å². The van der Waals surface area contributed by atoms with Crippen molar-refractivity contribution in [1.82, 2.24) is 10.0 Å². The highest BCUT2D eigenvalue weighted by molar-refractivity contribution is 7.90. The second-order valence-electron chi connectivity index (χ2n) is 10.9. The topological polar surface area (TPSA) is 128 Å². The maximum Gasteiger partial charge on any atom is 0.407 e. The first-order valence-corrected chi connectivity index (χ1v) is 14.8. The summed E-state index contributed by atoms with van der Waals surface area (Å²) >= 11 is 0. The summed E-state index contributed by atoms with van der Waals surface area (Å²) in [6, 6.07) is 20.6. The third-order valence-corrected chi connectivity index (χ3v) is 7.96. The van der Waals surface area contributed by atoms with Crippen LogP contribution in [0.15, 0.2) is 77.7 Å². The van der Waals surface area contributed by atoms with Crippen LogP contribution in [0.4, 0.5) is 4.79 Å². The van der Waals surface area contributed by atoms with Crippen LogP contribution in [-0.4, -0.2) is 44.6 Å². The number of alkyl carbamates (subject to hydrolysis) is 1. The summed E-state index contributed by atoms with van der Waals surface area (Å²) < 4.78 is 38.1. The van der Waals surface area contributed by atoms with Crippen LogP contribution in [-0.2, 0) is 29.1 Å². The largest absolute Gasteiger partial charge is 0.458 e. The Hall–Kier alpha value is -4.18. The van der Waals surface area contributed by atoms with E-state index in [1.54, 1.807) is 32.9 Å². The van der Waals surface area contributed by atoms with Crippen LogP contribution in [0, 0.1) is 6.92 Å². The van der Waals surface area contributed by atoms with Crippen molar-refractivity contribution in [2.75, 3.05) is 6.61 Å². The number of nitrogens with one attached hydrogen (secondary N) is 2. The average Bonchev–Trinajstić information content (AvgIpc) is 3.22. The zero-order valence-corrected chi connectivity index (χ0v) is 24.3. The number of sulfonamides is 1. The Morgan fingerprint density at radius 1 is 0.878 bits per heavy atom. The van der Waals surface area contributed by atoms with Crippen molar-refractivity contribution in [1.29, 1.82) is 0 Å². The molecule has 0 spiro atoms. The molecule has 4 rings (SSSR count). The fourth-order valence-corrected chi connectivity index (χ4v) is 5.67. The second-order valence-corrected chi connectivity index (χ2v) is 12.6. The van der Waals surface area contributed by atoms with Gasteiger partial charge in [-0.25, -0.2) is 22.7 Å². The number of rotatable bonds is 9. The number of fused-ring (bicyclic) bond motifs is 3. The quantitative estimate of drug-likeness (QED) is 0.348. The zero-order valence-electron chi connectivity index (χ0n) is 23.5. The highest BCUT2D eigenvalue weighted by Crippen LogP contribution is 2.44. The molecule has 0 radical (unpaired) electrons. The van der Waals surface area contributed by atoms with E-state index >= 15 is 0 Å². The van der Waals surface area contributed by atoms with E-state index in [0.717, 1.165) is 27.8 Å². The molecule has 41 heavy (non-hydrogen) atoms. The number of esters is 1. The Labute approximate surface area is 240 Å². The van der Waals surface area contributed by atoms with Crippen molar-refractivity contribution < 1.29 is 32.3 Å². The van der Waals surface area contributed by atoms with Gasteiger partial charge in [0.05, 0.1) is 4.90 Å². The Bertz CT molecular complexity index is 1500. The molecule has 0 aliphatic heterocycles. The third kappa shape index (κ3) is 7.52. The summed E-state index contributed by atoms with van der Waals surface area (Å²) in [5, 5.41) is 2.50. The number of carbonyl (C=O) groups is 3. The molecule has 1 atom stereocenters. The lowest BCUT2D eigenvalue weighted by Gasteiger charge is -2.24. The smallest absolute Gasteiger partial charge is 0.407 e. The molecule has 0 bridgehead atoms. The van der Waals surface area contributed by atoms with Gasteiger partial charge in [0.25, 0.3) is 10.0 Å². The molecule has 0 aromatic heterocycles. The molecule has 0 saturated carbocycles. The molecule has 1 aliphatic carbocycles. The van der Waals surface area contributed by atoms with Gasteiger partial charge < -0.3 is 14.8 Å². The van der Waals surface area contributed by atoms with Crippen LogP contribution in [0.3, 0.4) is 0 Å². The number of amides is 2. The number of benzene rings is 3. The number of carbonyl (C=O) groups excluding carboxylic acids is 3. The summed E-state index contributed by atoms with van der Waals surface area (Å²) in [6.45, 7) is 6.88. The predicted octanol–water partition coefficient (Wildman–Crippen LogP) is 4.83. The van der Waals surface area contributed by atoms with Crippen LogP contribution >= 0.6 is 0 Å². The van der Waals surface area contributed by atoms with E-state index in [1.165, 1.54) is 12.1 Å². The first-order chi connectivity index (χ1) is 19.3. The highest BCUT2D eigenvalue weighted by Gasteiger charge is 2.31. The molecule has 10 heteroatoms. The van der Waals surface area contributed by atoms with Crippen LogP contribution in [0.1, 0.15) is 56.2 Å². The molecule has 216 valence electrons. The second kappa shape index (κ2) is 12.1. The minimum absolute atomic E-state index is 0.0379. The van der Waals surface area contributed by atoms with Crippen molar-refractivity contribution in [2.45, 2.75) is 63.0 Å². The van der Waals surface area contributed by atoms with Crippen molar-refractivity contribution in [3.63, 3.8) is 0 Å². The van der Waals surface area contributed by atoms with Gasteiger partial charge in [-0.1, -0.05) is 66.2 Å². The van der Waals surface area contributed by atoms with Gasteiger partial charge in [0.2, 0.25) is 5.91 Å². The molecule has 0 heterocycles. The van der Waals surface area contributed by atoms with E-state index in [0.29, 0.717) is 0 Å². The normalized spacial score (nSPS) is 13.5. The lowest BCUT2D eigenvalue weighted by atomic mass is 9.98. The molecule has 9 nitrogen and oxygen atoms in total. The van der Waals surface area contributed by atoms with Crippen LogP contribution in [0.2, 0.25) is 0 Å². The van der Waals surface area contributed by atoms with Gasteiger partial charge >= 0.3 is 12.1 Å². The standard InChI is InChI=1S/C31H34N2O7S/c1-20-13-15-21(16-14-20)41(37,38)33-28(34)18-17-27(29(35)40-31(2,3)4)32-30(36)39-19-26-24-11-7-5-9-22(24)23-10-6-8-12-25(23)26/h5-16,26-27H,17-19H2,1-4H3,(H,32,36)(H,33,34). The van der Waals surface area contributed by atoms with Gasteiger partial charge in [-0.15, -0.1) is 0 Å². The van der Waals surface area contributed by atoms with Crippen molar-refractivity contribution in [2.24, 2.45) is 0 Å². The van der Waals surface area contributed by atoms with E-state index in [9.17, 15) is 22.8 Å². The summed E-state index contributed by atoms with van der Waals surface area (Å²) in [5.41, 5.74) is 4.25. The monoisotopic (exact) mass is 578 g/mol. The van der Waals surface area contributed by atoms with Gasteiger partial charge in [-0.05, 0) is 68.5 Å². The van der Waals surface area contributed by atoms with Crippen molar-refractivity contribution in [3.05, 3.63) is 89.5 Å². The van der Waals surface area contributed by atoms with Gasteiger partial charge in [0.1, 0.15) is 18.2 Å². The van der Waals surface area contributed by atoms with Gasteiger partial charge in [0.15, 0.2) is 0 Å². The van der Waals surface area contributed by atoms with Gasteiger partial charge in [-0.2, -0.15) is 0 Å². The third-order valence-electron chi connectivity index (χ3n) is 6.57. The van der Waals surface area contributed by atoms with Gasteiger partial charge in [0, 0.05) is 12.3 Å². The van der Waals surface area contributed by atoms with E-state index in [-0.39, 0.29) is 30.3 Å². The minimum Gasteiger partial charge on any atom is -0.458 e. The average molecular weight is 579 g/mol. The summed E-state index contributed by atoms with van der Waals surface area (Å²) in [6.07, 6.45) is -1.41.